The van der Waals surface area contributed by atoms with Gasteiger partial charge >= 0.3 is 0 Å². The van der Waals surface area contributed by atoms with Crippen LogP contribution >= 0.6 is 11.3 Å². The van der Waals surface area contributed by atoms with E-state index in [1.165, 1.54) is 15.6 Å². The fourth-order valence-corrected chi connectivity index (χ4v) is 4.31. The molecular weight excluding hydrogens is 246 g/mol. The van der Waals surface area contributed by atoms with Gasteiger partial charge < -0.3 is 5.32 Å². The predicted molar refractivity (Wildman–Crippen MR) is 65.3 cm³/mol. The van der Waals surface area contributed by atoms with Crippen LogP contribution in [0.1, 0.15) is 25.1 Å². The van der Waals surface area contributed by atoms with Gasteiger partial charge in [-0.25, -0.2) is 17.7 Å². The maximum absolute atomic E-state index is 11.7. The van der Waals surface area contributed by atoms with Crippen LogP contribution in [0, 0.1) is 0 Å². The molecule has 0 amide bonds. The molecule has 1 fully saturated rings. The molecule has 0 spiro atoms. The quantitative estimate of drug-likeness (QED) is 0.880. The van der Waals surface area contributed by atoms with Gasteiger partial charge in [0.05, 0.1) is 11.4 Å². The van der Waals surface area contributed by atoms with Crippen molar-refractivity contribution in [1.82, 2.24) is 10.3 Å². The number of hydrogen-bond acceptors (Lipinski definition) is 5. The van der Waals surface area contributed by atoms with Gasteiger partial charge in [0.1, 0.15) is 0 Å². The summed E-state index contributed by atoms with van der Waals surface area (Å²) < 4.78 is 24.8. The van der Waals surface area contributed by atoms with Crippen molar-refractivity contribution in [2.24, 2.45) is 0 Å². The Balaban J connectivity index is 2.25. The van der Waals surface area contributed by atoms with Crippen LogP contribution in [0.4, 0.5) is 5.13 Å². The van der Waals surface area contributed by atoms with E-state index in [0.717, 1.165) is 5.69 Å². The smallest absolute Gasteiger partial charge is 0.236 e. The fourth-order valence-electron chi connectivity index (χ4n) is 1.59. The van der Waals surface area contributed by atoms with Gasteiger partial charge in [-0.15, -0.1) is 11.3 Å². The number of hydrogen-bond donors (Lipinski definition) is 1. The average Bonchev–Trinajstić information content (AvgIpc) is 2.82. The fraction of sp³-hybridized carbons (Fsp3) is 0.667. The summed E-state index contributed by atoms with van der Waals surface area (Å²) in [6, 6.07) is 0.148. The SMILES string of the molecule is CNC(C)c1csc(N2CCCS2(=O)=O)n1. The van der Waals surface area contributed by atoms with Crippen molar-refractivity contribution in [3.05, 3.63) is 11.1 Å². The first-order valence-electron chi connectivity index (χ1n) is 5.17. The Kier molecular flexibility index (Phi) is 3.18. The van der Waals surface area contributed by atoms with E-state index in [9.17, 15) is 8.42 Å². The number of sulfonamides is 1. The summed E-state index contributed by atoms with van der Waals surface area (Å²) >= 11 is 1.39. The van der Waals surface area contributed by atoms with Gasteiger partial charge in [-0.3, -0.25) is 0 Å². The number of aromatic nitrogens is 1. The lowest BCUT2D eigenvalue weighted by molar-refractivity contribution is 0.599. The Morgan fingerprint density at radius 2 is 2.38 bits per heavy atom. The maximum Gasteiger partial charge on any atom is 0.236 e. The molecule has 1 N–H and O–H groups in total. The van der Waals surface area contributed by atoms with Gasteiger partial charge in [0.15, 0.2) is 5.13 Å². The van der Waals surface area contributed by atoms with Crippen LogP contribution in [-0.2, 0) is 10.0 Å². The largest absolute Gasteiger partial charge is 0.312 e. The van der Waals surface area contributed by atoms with Crippen LogP contribution < -0.4 is 9.62 Å². The summed E-state index contributed by atoms with van der Waals surface area (Å²) in [5.74, 6) is 0.240. The van der Waals surface area contributed by atoms with Gasteiger partial charge in [-0.1, -0.05) is 0 Å². The van der Waals surface area contributed by atoms with Gasteiger partial charge in [-0.05, 0) is 20.4 Å². The van der Waals surface area contributed by atoms with Crippen molar-refractivity contribution in [3.63, 3.8) is 0 Å². The number of nitrogens with zero attached hydrogens (tertiary/aromatic N) is 2. The first kappa shape index (κ1) is 11.8. The van der Waals surface area contributed by atoms with Crippen LogP contribution in [0.2, 0.25) is 0 Å². The number of rotatable bonds is 3. The molecule has 0 radical (unpaired) electrons. The minimum atomic E-state index is -3.10. The maximum atomic E-state index is 11.7. The Labute approximate surface area is 99.5 Å². The topological polar surface area (TPSA) is 62.3 Å². The summed E-state index contributed by atoms with van der Waals surface area (Å²) in [6.45, 7) is 2.56. The van der Waals surface area contributed by atoms with Crippen molar-refractivity contribution in [1.29, 1.82) is 0 Å². The van der Waals surface area contributed by atoms with E-state index in [4.69, 9.17) is 0 Å². The molecule has 1 unspecified atom stereocenters. The highest BCUT2D eigenvalue weighted by atomic mass is 32.2. The molecule has 1 saturated heterocycles. The third kappa shape index (κ3) is 2.07. The van der Waals surface area contributed by atoms with Crippen molar-refractivity contribution in [3.8, 4) is 0 Å². The van der Waals surface area contributed by atoms with Crippen LogP contribution in [0.25, 0.3) is 0 Å². The molecule has 2 heterocycles. The highest BCUT2D eigenvalue weighted by Crippen LogP contribution is 2.29. The molecule has 1 aliphatic heterocycles. The molecule has 1 aromatic rings. The van der Waals surface area contributed by atoms with E-state index in [2.05, 4.69) is 10.3 Å². The Morgan fingerprint density at radius 3 is 2.94 bits per heavy atom. The minimum absolute atomic E-state index is 0.148. The molecule has 0 saturated carbocycles. The zero-order valence-electron chi connectivity index (χ0n) is 9.30. The first-order chi connectivity index (χ1) is 7.54. The molecule has 5 nitrogen and oxygen atoms in total. The minimum Gasteiger partial charge on any atom is -0.312 e. The van der Waals surface area contributed by atoms with Gasteiger partial charge in [-0.2, -0.15) is 0 Å². The van der Waals surface area contributed by atoms with E-state index < -0.39 is 10.0 Å². The second-order valence-electron chi connectivity index (χ2n) is 3.81. The zero-order valence-corrected chi connectivity index (χ0v) is 10.9. The van der Waals surface area contributed by atoms with Crippen molar-refractivity contribution < 1.29 is 8.42 Å². The third-order valence-electron chi connectivity index (χ3n) is 2.70. The molecule has 1 atom stereocenters. The zero-order chi connectivity index (χ0) is 11.8. The highest BCUT2D eigenvalue weighted by Gasteiger charge is 2.30. The summed E-state index contributed by atoms with van der Waals surface area (Å²) in [7, 11) is -1.24. The van der Waals surface area contributed by atoms with Crippen LogP contribution in [0.5, 0.6) is 0 Å². The molecule has 1 aliphatic rings. The third-order valence-corrected chi connectivity index (χ3v) is 5.53. The molecule has 0 aliphatic carbocycles. The molecule has 0 bridgehead atoms. The van der Waals surface area contributed by atoms with E-state index in [-0.39, 0.29) is 11.8 Å². The summed E-state index contributed by atoms with van der Waals surface area (Å²) in [6.07, 6.45) is 0.693. The van der Waals surface area contributed by atoms with E-state index in [0.29, 0.717) is 18.1 Å². The predicted octanol–water partition coefficient (Wildman–Crippen LogP) is 0.963. The van der Waals surface area contributed by atoms with Crippen molar-refractivity contribution >= 4 is 26.5 Å². The summed E-state index contributed by atoms with van der Waals surface area (Å²) in [4.78, 5) is 4.36. The highest BCUT2D eigenvalue weighted by molar-refractivity contribution is 7.93. The monoisotopic (exact) mass is 261 g/mol. The lowest BCUT2D eigenvalue weighted by Crippen LogP contribution is -2.25. The first-order valence-corrected chi connectivity index (χ1v) is 7.66. The van der Waals surface area contributed by atoms with Gasteiger partial charge in [0.25, 0.3) is 0 Å². The number of anilines is 1. The van der Waals surface area contributed by atoms with Gasteiger partial charge in [0.2, 0.25) is 10.0 Å². The molecule has 0 aromatic carbocycles. The Morgan fingerprint density at radius 1 is 1.62 bits per heavy atom. The Bertz CT molecular complexity index is 469. The summed E-state index contributed by atoms with van der Waals surface area (Å²) in [5.41, 5.74) is 0.893. The summed E-state index contributed by atoms with van der Waals surface area (Å²) in [5, 5.41) is 5.58. The number of nitrogens with one attached hydrogen (secondary N) is 1. The van der Waals surface area contributed by atoms with Crippen molar-refractivity contribution in [2.45, 2.75) is 19.4 Å². The standard InChI is InChI=1S/C9H15N3O2S2/c1-7(10-2)8-6-15-9(11-8)12-4-3-5-16(12,13)14/h6-7,10H,3-5H2,1-2H3. The molecule has 7 heteroatoms. The van der Waals surface area contributed by atoms with Crippen LogP contribution in [0.15, 0.2) is 5.38 Å². The molecule has 16 heavy (non-hydrogen) atoms. The molecule has 1 aromatic heterocycles. The lowest BCUT2D eigenvalue weighted by Gasteiger charge is -2.12. The second kappa shape index (κ2) is 4.31. The van der Waals surface area contributed by atoms with Crippen molar-refractivity contribution in [2.75, 3.05) is 23.7 Å². The van der Waals surface area contributed by atoms with Crippen LogP contribution in [0.3, 0.4) is 0 Å². The van der Waals surface area contributed by atoms with E-state index in [1.54, 1.807) is 0 Å². The van der Waals surface area contributed by atoms with E-state index >= 15 is 0 Å². The van der Waals surface area contributed by atoms with Gasteiger partial charge in [0, 0.05) is 18.0 Å². The number of thiazole rings is 1. The second-order valence-corrected chi connectivity index (χ2v) is 6.66. The van der Waals surface area contributed by atoms with Crippen LogP contribution in [-0.4, -0.2) is 32.7 Å². The molecule has 2 rings (SSSR count). The average molecular weight is 261 g/mol. The Hall–Kier alpha value is -0.660. The molecular formula is C9H15N3O2S2. The lowest BCUT2D eigenvalue weighted by atomic mass is 10.3. The normalized spacial score (nSPS) is 21.2. The molecule has 90 valence electrons. The van der Waals surface area contributed by atoms with E-state index in [1.807, 2.05) is 19.4 Å².